The van der Waals surface area contributed by atoms with E-state index in [1.807, 2.05) is 13.8 Å². The zero-order valence-corrected chi connectivity index (χ0v) is 10.4. The van der Waals surface area contributed by atoms with Crippen molar-refractivity contribution in [3.63, 3.8) is 0 Å². The van der Waals surface area contributed by atoms with Gasteiger partial charge in [-0.3, -0.25) is 4.79 Å². The van der Waals surface area contributed by atoms with E-state index in [1.165, 1.54) is 7.11 Å². The third-order valence-electron chi connectivity index (χ3n) is 2.25. The third-order valence-corrected chi connectivity index (χ3v) is 2.25. The topological polar surface area (TPSA) is 55.8 Å². The number of ether oxygens (including phenoxy) is 2. The second-order valence-electron chi connectivity index (χ2n) is 4.03. The van der Waals surface area contributed by atoms with Crippen molar-refractivity contribution in [3.8, 4) is 11.5 Å². The average Bonchev–Trinajstić information content (AvgIpc) is 2.26. The number of methoxy groups -OCH3 is 1. The second-order valence-corrected chi connectivity index (χ2v) is 4.03. The minimum atomic E-state index is -0.285. The first-order valence-electron chi connectivity index (χ1n) is 5.58. The van der Waals surface area contributed by atoms with Crippen molar-refractivity contribution >= 4 is 5.97 Å². The Morgan fingerprint density at radius 2 is 2.12 bits per heavy atom. The van der Waals surface area contributed by atoms with Gasteiger partial charge < -0.3 is 14.6 Å². The van der Waals surface area contributed by atoms with E-state index < -0.39 is 0 Å². The molecule has 1 aromatic carbocycles. The molecule has 0 fully saturated rings. The van der Waals surface area contributed by atoms with Crippen molar-refractivity contribution in [2.24, 2.45) is 0 Å². The van der Waals surface area contributed by atoms with E-state index in [0.29, 0.717) is 17.7 Å². The van der Waals surface area contributed by atoms with E-state index in [2.05, 4.69) is 4.74 Å². The van der Waals surface area contributed by atoms with Gasteiger partial charge >= 0.3 is 5.97 Å². The number of phenols is 1. The number of benzene rings is 1. The lowest BCUT2D eigenvalue weighted by Gasteiger charge is -2.11. The Balaban J connectivity index is 2.66. The van der Waals surface area contributed by atoms with Crippen molar-refractivity contribution in [3.05, 3.63) is 23.8 Å². The fourth-order valence-corrected chi connectivity index (χ4v) is 1.44. The van der Waals surface area contributed by atoms with Crippen molar-refractivity contribution in [1.82, 2.24) is 0 Å². The molecule has 94 valence electrons. The summed E-state index contributed by atoms with van der Waals surface area (Å²) in [5, 5.41) is 9.76. The van der Waals surface area contributed by atoms with E-state index in [-0.39, 0.29) is 24.2 Å². The van der Waals surface area contributed by atoms with Gasteiger partial charge in [-0.15, -0.1) is 0 Å². The molecule has 1 aromatic rings. The number of aromatic hydroxyl groups is 1. The van der Waals surface area contributed by atoms with Crippen LogP contribution in [0.15, 0.2) is 18.2 Å². The Labute approximate surface area is 101 Å². The zero-order chi connectivity index (χ0) is 12.8. The standard InChI is InChI=1S/C13H18O4/c1-9(2)17-11-6-4-10(12(14)8-11)5-7-13(15)16-3/h4,6,8-9,14H,5,7H2,1-3H3. The number of phenolic OH excluding ortho intramolecular Hbond substituents is 1. The van der Waals surface area contributed by atoms with Crippen LogP contribution in [0.5, 0.6) is 11.5 Å². The maximum atomic E-state index is 11.0. The summed E-state index contributed by atoms with van der Waals surface area (Å²) in [7, 11) is 1.35. The summed E-state index contributed by atoms with van der Waals surface area (Å²) >= 11 is 0. The Hall–Kier alpha value is -1.71. The van der Waals surface area contributed by atoms with E-state index in [9.17, 15) is 9.90 Å². The molecular formula is C13H18O4. The molecule has 1 rings (SSSR count). The number of carbonyl (C=O) groups is 1. The Kier molecular flexibility index (Phi) is 4.82. The van der Waals surface area contributed by atoms with E-state index in [0.717, 1.165) is 0 Å². The van der Waals surface area contributed by atoms with Crippen molar-refractivity contribution in [1.29, 1.82) is 0 Å². The van der Waals surface area contributed by atoms with Crippen molar-refractivity contribution in [2.45, 2.75) is 32.8 Å². The fourth-order valence-electron chi connectivity index (χ4n) is 1.44. The largest absolute Gasteiger partial charge is 0.508 e. The van der Waals surface area contributed by atoms with Gasteiger partial charge in [0.15, 0.2) is 0 Å². The van der Waals surface area contributed by atoms with E-state index >= 15 is 0 Å². The number of carbonyl (C=O) groups excluding carboxylic acids is 1. The molecule has 0 aliphatic heterocycles. The number of aryl methyl sites for hydroxylation is 1. The van der Waals surface area contributed by atoms with Gasteiger partial charge in [0.1, 0.15) is 11.5 Å². The van der Waals surface area contributed by atoms with Gasteiger partial charge in [-0.05, 0) is 31.9 Å². The van der Waals surface area contributed by atoms with Crippen LogP contribution >= 0.6 is 0 Å². The van der Waals surface area contributed by atoms with E-state index in [4.69, 9.17) is 4.74 Å². The number of rotatable bonds is 5. The van der Waals surface area contributed by atoms with Crippen LogP contribution in [0.4, 0.5) is 0 Å². The van der Waals surface area contributed by atoms with Gasteiger partial charge in [-0.2, -0.15) is 0 Å². The molecule has 4 heteroatoms. The van der Waals surface area contributed by atoms with Crippen molar-refractivity contribution < 1.29 is 19.4 Å². The van der Waals surface area contributed by atoms with Gasteiger partial charge in [0.25, 0.3) is 0 Å². The Morgan fingerprint density at radius 1 is 1.41 bits per heavy atom. The number of esters is 1. The molecule has 0 atom stereocenters. The molecule has 0 aliphatic rings. The maximum absolute atomic E-state index is 11.0. The maximum Gasteiger partial charge on any atom is 0.305 e. The summed E-state index contributed by atoms with van der Waals surface area (Å²) in [5.41, 5.74) is 0.714. The van der Waals surface area contributed by atoms with Crippen LogP contribution in [-0.4, -0.2) is 24.3 Å². The molecule has 0 unspecified atom stereocenters. The SMILES string of the molecule is COC(=O)CCc1ccc(OC(C)C)cc1O. The predicted octanol–water partition coefficient (Wildman–Crippen LogP) is 2.29. The summed E-state index contributed by atoms with van der Waals surface area (Å²) in [4.78, 5) is 11.0. The first-order valence-corrected chi connectivity index (χ1v) is 5.58. The normalized spacial score (nSPS) is 10.4. The average molecular weight is 238 g/mol. The van der Waals surface area contributed by atoms with Crippen LogP contribution in [0.3, 0.4) is 0 Å². The first kappa shape index (κ1) is 13.4. The third kappa shape index (κ3) is 4.34. The summed E-state index contributed by atoms with van der Waals surface area (Å²) in [5.74, 6) is 0.485. The highest BCUT2D eigenvalue weighted by Crippen LogP contribution is 2.25. The van der Waals surface area contributed by atoms with Crippen LogP contribution in [-0.2, 0) is 16.0 Å². The molecule has 17 heavy (non-hydrogen) atoms. The highest BCUT2D eigenvalue weighted by atomic mass is 16.5. The second kappa shape index (κ2) is 6.13. The molecule has 1 N–H and O–H groups in total. The summed E-state index contributed by atoms with van der Waals surface area (Å²) in [6, 6.07) is 5.11. The molecule has 0 spiro atoms. The molecule has 0 heterocycles. The molecule has 0 radical (unpaired) electrons. The summed E-state index contributed by atoms with van der Waals surface area (Å²) in [6.07, 6.45) is 0.782. The Bertz CT molecular complexity index is 385. The number of hydrogen-bond acceptors (Lipinski definition) is 4. The molecule has 0 bridgehead atoms. The highest BCUT2D eigenvalue weighted by Gasteiger charge is 2.07. The zero-order valence-electron chi connectivity index (χ0n) is 10.4. The van der Waals surface area contributed by atoms with Crippen LogP contribution in [0, 0.1) is 0 Å². The molecule has 0 aromatic heterocycles. The molecule has 0 saturated carbocycles. The summed E-state index contributed by atoms with van der Waals surface area (Å²) < 4.78 is 9.99. The van der Waals surface area contributed by atoms with Crippen LogP contribution in [0.25, 0.3) is 0 Å². The molecular weight excluding hydrogens is 220 g/mol. The van der Waals surface area contributed by atoms with Crippen LogP contribution in [0.1, 0.15) is 25.8 Å². The lowest BCUT2D eigenvalue weighted by atomic mass is 10.1. The quantitative estimate of drug-likeness (QED) is 0.799. The van der Waals surface area contributed by atoms with Crippen molar-refractivity contribution in [2.75, 3.05) is 7.11 Å². The van der Waals surface area contributed by atoms with Gasteiger partial charge in [-0.1, -0.05) is 6.07 Å². The van der Waals surface area contributed by atoms with E-state index in [1.54, 1.807) is 18.2 Å². The molecule has 0 saturated heterocycles. The first-order chi connectivity index (χ1) is 8.02. The minimum Gasteiger partial charge on any atom is -0.508 e. The van der Waals surface area contributed by atoms with Crippen LogP contribution in [0.2, 0.25) is 0 Å². The summed E-state index contributed by atoms with van der Waals surface area (Å²) in [6.45, 7) is 3.84. The van der Waals surface area contributed by atoms with Crippen LogP contribution < -0.4 is 4.74 Å². The molecule has 4 nitrogen and oxygen atoms in total. The highest BCUT2D eigenvalue weighted by molar-refractivity contribution is 5.69. The Morgan fingerprint density at radius 3 is 2.65 bits per heavy atom. The van der Waals surface area contributed by atoms with Gasteiger partial charge in [0.05, 0.1) is 13.2 Å². The fraction of sp³-hybridized carbons (Fsp3) is 0.462. The molecule has 0 aliphatic carbocycles. The monoisotopic (exact) mass is 238 g/mol. The lowest BCUT2D eigenvalue weighted by molar-refractivity contribution is -0.140. The number of hydrogen-bond donors (Lipinski definition) is 1. The molecule has 0 amide bonds. The van der Waals surface area contributed by atoms with Gasteiger partial charge in [0, 0.05) is 12.5 Å². The van der Waals surface area contributed by atoms with Gasteiger partial charge in [-0.25, -0.2) is 0 Å². The lowest BCUT2D eigenvalue weighted by Crippen LogP contribution is -2.06. The van der Waals surface area contributed by atoms with Gasteiger partial charge in [0.2, 0.25) is 0 Å². The smallest absolute Gasteiger partial charge is 0.305 e. The minimum absolute atomic E-state index is 0.0651. The predicted molar refractivity (Wildman–Crippen MR) is 64.2 cm³/mol.